The molecule has 0 aromatic heterocycles. The molecule has 0 saturated heterocycles. The van der Waals surface area contributed by atoms with Gasteiger partial charge in [-0.05, 0) is 43.5 Å². The highest BCUT2D eigenvalue weighted by Crippen LogP contribution is 2.17. The lowest BCUT2D eigenvalue weighted by Gasteiger charge is -2.29. The topological polar surface area (TPSA) is 49.4 Å². The summed E-state index contributed by atoms with van der Waals surface area (Å²) in [5.41, 5.74) is 2.19. The summed E-state index contributed by atoms with van der Waals surface area (Å²) in [6, 6.07) is 17.5. The van der Waals surface area contributed by atoms with Crippen LogP contribution in [0.1, 0.15) is 38.3 Å². The van der Waals surface area contributed by atoms with Crippen LogP contribution >= 0.6 is 27.7 Å². The van der Waals surface area contributed by atoms with Gasteiger partial charge in [0.2, 0.25) is 11.8 Å². The van der Waals surface area contributed by atoms with E-state index in [0.717, 1.165) is 22.2 Å². The summed E-state index contributed by atoms with van der Waals surface area (Å²) < 4.78 is 0.986. The second kappa shape index (κ2) is 12.0. The standard InChI is InChI=1S/C23H29BrN2O2S/c1-4-17(2)25-23(28)18(3)26(14-19-10-12-21(24)13-11-19)22(27)16-29-15-20-8-6-5-7-9-20/h5-13,17-18H,4,14-16H2,1-3H3,(H,25,28)/t17-,18-/m0/s1. The molecule has 0 saturated carbocycles. The number of halogens is 1. The number of carbonyl (C=O) groups is 2. The lowest BCUT2D eigenvalue weighted by Crippen LogP contribution is -2.50. The summed E-state index contributed by atoms with van der Waals surface area (Å²) in [6.07, 6.45) is 0.853. The molecule has 0 fully saturated rings. The van der Waals surface area contributed by atoms with E-state index in [1.54, 1.807) is 23.6 Å². The van der Waals surface area contributed by atoms with Gasteiger partial charge in [-0.25, -0.2) is 0 Å². The molecule has 0 bridgehead atoms. The van der Waals surface area contributed by atoms with Gasteiger partial charge in [0, 0.05) is 22.8 Å². The van der Waals surface area contributed by atoms with Gasteiger partial charge in [-0.2, -0.15) is 0 Å². The monoisotopic (exact) mass is 476 g/mol. The third-order valence-electron chi connectivity index (χ3n) is 4.77. The number of hydrogen-bond acceptors (Lipinski definition) is 3. The van der Waals surface area contributed by atoms with Crippen LogP contribution in [0.5, 0.6) is 0 Å². The Bertz CT molecular complexity index is 783. The smallest absolute Gasteiger partial charge is 0.242 e. The number of amides is 2. The van der Waals surface area contributed by atoms with Crippen molar-refractivity contribution in [3.8, 4) is 0 Å². The third kappa shape index (κ3) is 7.86. The Hall–Kier alpha value is -1.79. The van der Waals surface area contributed by atoms with Gasteiger partial charge < -0.3 is 10.2 Å². The van der Waals surface area contributed by atoms with Crippen molar-refractivity contribution >= 4 is 39.5 Å². The molecular weight excluding hydrogens is 448 g/mol. The predicted molar refractivity (Wildman–Crippen MR) is 125 cm³/mol. The van der Waals surface area contributed by atoms with Crippen LogP contribution in [-0.2, 0) is 21.9 Å². The van der Waals surface area contributed by atoms with E-state index < -0.39 is 6.04 Å². The molecule has 0 aliphatic rings. The van der Waals surface area contributed by atoms with E-state index in [9.17, 15) is 9.59 Å². The third-order valence-corrected chi connectivity index (χ3v) is 6.29. The minimum absolute atomic E-state index is 0.0272. The molecule has 0 unspecified atom stereocenters. The van der Waals surface area contributed by atoms with E-state index in [2.05, 4.69) is 33.4 Å². The van der Waals surface area contributed by atoms with Crippen LogP contribution in [0.2, 0.25) is 0 Å². The summed E-state index contributed by atoms with van der Waals surface area (Å²) >= 11 is 5.01. The minimum atomic E-state index is -0.530. The van der Waals surface area contributed by atoms with E-state index in [1.807, 2.05) is 56.3 Å². The number of nitrogens with one attached hydrogen (secondary N) is 1. The maximum Gasteiger partial charge on any atom is 0.242 e. The van der Waals surface area contributed by atoms with Crippen LogP contribution < -0.4 is 5.32 Å². The first kappa shape index (κ1) is 23.5. The molecule has 2 aromatic rings. The maximum atomic E-state index is 13.0. The second-order valence-corrected chi connectivity index (χ2v) is 9.02. The van der Waals surface area contributed by atoms with Crippen LogP contribution in [0.3, 0.4) is 0 Å². The van der Waals surface area contributed by atoms with Gasteiger partial charge in [0.1, 0.15) is 6.04 Å². The number of benzene rings is 2. The lowest BCUT2D eigenvalue weighted by molar-refractivity contribution is -0.138. The van der Waals surface area contributed by atoms with Crippen molar-refractivity contribution in [2.45, 2.75) is 51.6 Å². The molecule has 0 spiro atoms. The number of carbonyl (C=O) groups excluding carboxylic acids is 2. The first-order valence-corrected chi connectivity index (χ1v) is 11.8. The normalized spacial score (nSPS) is 12.8. The molecule has 0 aliphatic carbocycles. The first-order valence-electron chi connectivity index (χ1n) is 9.86. The second-order valence-electron chi connectivity index (χ2n) is 7.12. The van der Waals surface area contributed by atoms with E-state index >= 15 is 0 Å². The number of thioether (sulfide) groups is 1. The van der Waals surface area contributed by atoms with E-state index in [4.69, 9.17) is 0 Å². The zero-order valence-electron chi connectivity index (χ0n) is 17.2. The number of rotatable bonds is 10. The quantitative estimate of drug-likeness (QED) is 0.523. The van der Waals surface area contributed by atoms with Crippen molar-refractivity contribution in [2.24, 2.45) is 0 Å². The Morgan fingerprint density at radius 1 is 1.03 bits per heavy atom. The highest BCUT2D eigenvalue weighted by atomic mass is 79.9. The summed E-state index contributed by atoms with van der Waals surface area (Å²) in [5.74, 6) is 0.969. The van der Waals surface area contributed by atoms with Gasteiger partial charge in [-0.1, -0.05) is 65.3 Å². The lowest BCUT2D eigenvalue weighted by atomic mass is 10.1. The summed E-state index contributed by atoms with van der Waals surface area (Å²) in [5, 5.41) is 2.99. The molecule has 2 amide bonds. The molecule has 156 valence electrons. The Morgan fingerprint density at radius 3 is 2.31 bits per heavy atom. The molecule has 2 aromatic carbocycles. The fourth-order valence-corrected chi connectivity index (χ4v) is 3.88. The molecule has 1 N–H and O–H groups in total. The zero-order chi connectivity index (χ0) is 21.2. The fourth-order valence-electron chi connectivity index (χ4n) is 2.75. The summed E-state index contributed by atoms with van der Waals surface area (Å²) in [6.45, 7) is 6.21. The summed E-state index contributed by atoms with van der Waals surface area (Å²) in [4.78, 5) is 27.4. The molecular formula is C23H29BrN2O2S. The molecule has 2 atom stereocenters. The SMILES string of the molecule is CC[C@H](C)NC(=O)[C@H](C)N(Cc1ccc(Br)cc1)C(=O)CSCc1ccccc1. The van der Waals surface area contributed by atoms with Crippen molar-refractivity contribution < 1.29 is 9.59 Å². The van der Waals surface area contributed by atoms with Gasteiger partial charge in [-0.15, -0.1) is 11.8 Å². The molecule has 0 aliphatic heterocycles. The van der Waals surface area contributed by atoms with Crippen molar-refractivity contribution in [1.82, 2.24) is 10.2 Å². The molecule has 2 rings (SSSR count). The predicted octanol–water partition coefficient (Wildman–Crippen LogP) is 5.01. The minimum Gasteiger partial charge on any atom is -0.352 e. The molecule has 0 heterocycles. The molecule has 4 nitrogen and oxygen atoms in total. The van der Waals surface area contributed by atoms with Crippen LogP contribution in [0.4, 0.5) is 0 Å². The van der Waals surface area contributed by atoms with Gasteiger partial charge >= 0.3 is 0 Å². The van der Waals surface area contributed by atoms with Crippen molar-refractivity contribution in [2.75, 3.05) is 5.75 Å². The van der Waals surface area contributed by atoms with Gasteiger partial charge in [0.05, 0.1) is 5.75 Å². The van der Waals surface area contributed by atoms with Crippen LogP contribution in [-0.4, -0.2) is 34.6 Å². The fraction of sp³-hybridized carbons (Fsp3) is 0.391. The first-order chi connectivity index (χ1) is 13.9. The Labute approximate surface area is 186 Å². The average Bonchev–Trinajstić information content (AvgIpc) is 2.73. The van der Waals surface area contributed by atoms with E-state index in [1.165, 1.54) is 5.56 Å². The number of hydrogen-bond donors (Lipinski definition) is 1. The molecule has 6 heteroatoms. The molecule has 0 radical (unpaired) electrons. The van der Waals surface area contributed by atoms with Gasteiger partial charge in [-0.3, -0.25) is 9.59 Å². The van der Waals surface area contributed by atoms with Gasteiger partial charge in [0.15, 0.2) is 0 Å². The summed E-state index contributed by atoms with van der Waals surface area (Å²) in [7, 11) is 0. The van der Waals surface area contributed by atoms with Crippen molar-refractivity contribution in [3.05, 3.63) is 70.2 Å². The van der Waals surface area contributed by atoms with Crippen molar-refractivity contribution in [1.29, 1.82) is 0 Å². The van der Waals surface area contributed by atoms with E-state index in [0.29, 0.717) is 12.3 Å². The highest BCUT2D eigenvalue weighted by molar-refractivity contribution is 9.10. The Morgan fingerprint density at radius 2 is 1.69 bits per heavy atom. The average molecular weight is 477 g/mol. The highest BCUT2D eigenvalue weighted by Gasteiger charge is 2.26. The largest absolute Gasteiger partial charge is 0.352 e. The van der Waals surface area contributed by atoms with Crippen LogP contribution in [0.25, 0.3) is 0 Å². The van der Waals surface area contributed by atoms with Crippen molar-refractivity contribution in [3.63, 3.8) is 0 Å². The maximum absolute atomic E-state index is 13.0. The van der Waals surface area contributed by atoms with Gasteiger partial charge in [0.25, 0.3) is 0 Å². The zero-order valence-corrected chi connectivity index (χ0v) is 19.6. The van der Waals surface area contributed by atoms with E-state index in [-0.39, 0.29) is 17.9 Å². The molecule has 29 heavy (non-hydrogen) atoms. The Kier molecular flexibility index (Phi) is 9.74. The van der Waals surface area contributed by atoms with Crippen LogP contribution in [0.15, 0.2) is 59.1 Å². The number of nitrogens with zero attached hydrogens (tertiary/aromatic N) is 1. The van der Waals surface area contributed by atoms with Crippen LogP contribution in [0, 0.1) is 0 Å². The Balaban J connectivity index is 2.06.